The fourth-order valence-corrected chi connectivity index (χ4v) is 8.71. The number of carbonyl (C=O) groups excluding carboxylic acids is 2. The largest absolute Gasteiger partial charge is 0.495 e. The third-order valence-electron chi connectivity index (χ3n) is 10.2. The van der Waals surface area contributed by atoms with Gasteiger partial charge in [-0.2, -0.15) is 9.97 Å². The van der Waals surface area contributed by atoms with Crippen molar-refractivity contribution in [2.75, 3.05) is 31.3 Å². The maximum Gasteiger partial charge on any atom is 0.269 e. The number of rotatable bonds is 12. The van der Waals surface area contributed by atoms with E-state index < -0.39 is 33.1 Å². The van der Waals surface area contributed by atoms with E-state index in [1.165, 1.54) is 31.5 Å². The quantitative estimate of drug-likeness (QED) is 0.132. The van der Waals surface area contributed by atoms with E-state index in [2.05, 4.69) is 25.5 Å². The first-order valence-corrected chi connectivity index (χ1v) is 18.8. The normalized spacial score (nSPS) is 17.2. The highest BCUT2D eigenvalue weighted by Gasteiger charge is 2.31. The number of hydrogen-bond donors (Lipinski definition) is 3. The first-order chi connectivity index (χ1) is 25.3. The van der Waals surface area contributed by atoms with Crippen LogP contribution in [0.1, 0.15) is 65.1 Å². The molecule has 1 amide bonds. The molecule has 3 aromatic carbocycles. The Hall–Kier alpha value is -5.41. The summed E-state index contributed by atoms with van der Waals surface area (Å²) in [4.78, 5) is 36.6. The lowest BCUT2D eigenvalue weighted by Crippen LogP contribution is -2.32. The molecule has 15 heteroatoms. The van der Waals surface area contributed by atoms with Gasteiger partial charge >= 0.3 is 0 Å². The van der Waals surface area contributed by atoms with E-state index >= 15 is 0 Å². The fraction of sp³-hybridized carbons (Fsp3) is 0.316. The van der Waals surface area contributed by atoms with E-state index in [1.807, 2.05) is 26.1 Å². The van der Waals surface area contributed by atoms with Crippen LogP contribution in [0.3, 0.4) is 0 Å². The molecule has 276 valence electrons. The van der Waals surface area contributed by atoms with Crippen molar-refractivity contribution >= 4 is 55.9 Å². The highest BCUT2D eigenvalue weighted by Crippen LogP contribution is 2.43. The Labute approximate surface area is 305 Å². The van der Waals surface area contributed by atoms with Crippen LogP contribution in [-0.4, -0.2) is 65.7 Å². The summed E-state index contributed by atoms with van der Waals surface area (Å²) in [6.07, 6.45) is 6.09. The second-order valence-corrected chi connectivity index (χ2v) is 15.4. The number of amides is 1. The summed E-state index contributed by atoms with van der Waals surface area (Å²) in [6.45, 7) is 2.76. The molecule has 2 aliphatic rings. The number of ether oxygens (including phenoxy) is 1. The maximum atomic E-state index is 14.8. The second kappa shape index (κ2) is 14.2. The number of benzene rings is 3. The Morgan fingerprint density at radius 2 is 1.79 bits per heavy atom. The zero-order valence-corrected chi connectivity index (χ0v) is 30.3. The summed E-state index contributed by atoms with van der Waals surface area (Å²) in [5.74, 6) is -2.57. The van der Waals surface area contributed by atoms with Crippen LogP contribution in [-0.2, 0) is 21.2 Å². The minimum atomic E-state index is -4.18. The van der Waals surface area contributed by atoms with Gasteiger partial charge in [-0.3, -0.25) is 14.5 Å². The van der Waals surface area contributed by atoms with Crippen LogP contribution < -0.4 is 21.1 Å². The molecule has 2 atom stereocenters. The fourth-order valence-electron chi connectivity index (χ4n) is 7.42. The Morgan fingerprint density at radius 1 is 1.02 bits per heavy atom. The van der Waals surface area contributed by atoms with Gasteiger partial charge in [0.25, 0.3) is 15.9 Å². The molecule has 0 bridgehead atoms. The standard InChI is InChI=1S/C38H39F2N7O5S/c1-21-6-11-25(12-7-21)53(50,51)47-16-14-26-36(42-30-19-24(39)18-28(40)34(30)35(41)49)44-38(45-37(26)47)43-29-20-27-22(8-9-23(27)17-33(29)52-3)10-13-32(48)31-5-4-15-46(31)2/h6-7,11-12,14,16-20,22,31H,4-5,8-10,13,15H2,1-3H3,(H2,41,49)(H2,42,43,44,45)/t22?,31-/m0/s1. The van der Waals surface area contributed by atoms with Crippen molar-refractivity contribution in [3.63, 3.8) is 0 Å². The molecular formula is C38H39F2N7O5S. The van der Waals surface area contributed by atoms with E-state index in [1.54, 1.807) is 12.1 Å². The molecule has 1 unspecified atom stereocenters. The predicted molar refractivity (Wildman–Crippen MR) is 197 cm³/mol. The molecular weight excluding hydrogens is 705 g/mol. The number of carbonyl (C=O) groups is 2. The second-order valence-electron chi connectivity index (χ2n) is 13.6. The molecule has 1 saturated heterocycles. The Balaban J connectivity index is 1.29. The predicted octanol–water partition coefficient (Wildman–Crippen LogP) is 6.32. The third kappa shape index (κ3) is 6.93. The number of ketones is 1. The highest BCUT2D eigenvalue weighted by atomic mass is 32.2. The van der Waals surface area contributed by atoms with E-state index in [4.69, 9.17) is 10.5 Å². The number of nitrogens with zero attached hydrogens (tertiary/aromatic N) is 4. The van der Waals surface area contributed by atoms with Gasteiger partial charge in [0, 0.05) is 18.7 Å². The summed E-state index contributed by atoms with van der Waals surface area (Å²) < 4.78 is 63.8. The Morgan fingerprint density at radius 3 is 2.49 bits per heavy atom. The Bertz CT molecular complexity index is 2370. The van der Waals surface area contributed by atoms with Gasteiger partial charge in [-0.05, 0) is 106 Å². The SMILES string of the molecule is COc1cc2c(cc1Nc1nc(Nc3cc(F)cc(F)c3C(N)=O)c3ccn(S(=O)(=O)c4ccc(C)cc4)c3n1)C(CCC(=O)[C@@H]1CCCN1C)CC2. The molecule has 1 fully saturated rings. The topological polar surface area (TPSA) is 162 Å². The number of anilines is 4. The van der Waals surface area contributed by atoms with Gasteiger partial charge in [-0.25, -0.2) is 21.2 Å². The molecule has 2 aromatic heterocycles. The van der Waals surface area contributed by atoms with Gasteiger partial charge in [0.15, 0.2) is 5.65 Å². The number of nitrogens with two attached hydrogens (primary N) is 1. The highest BCUT2D eigenvalue weighted by molar-refractivity contribution is 7.90. The number of aromatic nitrogens is 3. The van der Waals surface area contributed by atoms with Gasteiger partial charge in [0.05, 0.1) is 40.4 Å². The zero-order chi connectivity index (χ0) is 37.6. The van der Waals surface area contributed by atoms with Gasteiger partial charge in [0.1, 0.15) is 29.0 Å². The van der Waals surface area contributed by atoms with Crippen molar-refractivity contribution < 1.29 is 31.5 Å². The van der Waals surface area contributed by atoms with Crippen molar-refractivity contribution in [2.24, 2.45) is 5.73 Å². The lowest BCUT2D eigenvalue weighted by atomic mass is 9.93. The molecule has 12 nitrogen and oxygen atoms in total. The number of methoxy groups -OCH3 is 1. The first-order valence-electron chi connectivity index (χ1n) is 17.3. The number of likely N-dealkylation sites (tertiary alicyclic amines) is 1. The van der Waals surface area contributed by atoms with Crippen LogP contribution in [0.4, 0.5) is 31.9 Å². The summed E-state index contributed by atoms with van der Waals surface area (Å²) in [7, 11) is -0.666. The lowest BCUT2D eigenvalue weighted by Gasteiger charge is -2.20. The molecule has 0 radical (unpaired) electrons. The molecule has 1 aliphatic carbocycles. The van der Waals surface area contributed by atoms with Crippen molar-refractivity contribution in [1.29, 1.82) is 0 Å². The molecule has 7 rings (SSSR count). The number of aryl methyl sites for hydroxylation is 2. The molecule has 4 N–H and O–H groups in total. The smallest absolute Gasteiger partial charge is 0.269 e. The van der Waals surface area contributed by atoms with Gasteiger partial charge in [0.2, 0.25) is 5.95 Å². The van der Waals surface area contributed by atoms with Gasteiger partial charge < -0.3 is 21.1 Å². The van der Waals surface area contributed by atoms with Crippen LogP contribution in [0.25, 0.3) is 11.0 Å². The van der Waals surface area contributed by atoms with E-state index in [9.17, 15) is 26.8 Å². The van der Waals surface area contributed by atoms with E-state index in [-0.39, 0.29) is 51.1 Å². The van der Waals surface area contributed by atoms with E-state index in [0.717, 1.165) is 59.0 Å². The molecule has 1 aliphatic heterocycles. The molecule has 53 heavy (non-hydrogen) atoms. The number of hydrogen-bond acceptors (Lipinski definition) is 10. The van der Waals surface area contributed by atoms with Crippen molar-refractivity contribution in [1.82, 2.24) is 18.8 Å². The number of fused-ring (bicyclic) bond motifs is 2. The maximum absolute atomic E-state index is 14.8. The monoisotopic (exact) mass is 743 g/mol. The number of halogens is 2. The van der Waals surface area contributed by atoms with Gasteiger partial charge in [-0.15, -0.1) is 0 Å². The van der Waals surface area contributed by atoms with Crippen LogP contribution in [0.2, 0.25) is 0 Å². The van der Waals surface area contributed by atoms with Crippen LogP contribution in [0, 0.1) is 18.6 Å². The van der Waals surface area contributed by atoms with E-state index in [0.29, 0.717) is 30.3 Å². The summed E-state index contributed by atoms with van der Waals surface area (Å²) in [5, 5.41) is 6.15. The van der Waals surface area contributed by atoms with Crippen molar-refractivity contribution in [2.45, 2.75) is 62.3 Å². The summed E-state index contributed by atoms with van der Waals surface area (Å²) in [6, 6.07) is 13.0. The average Bonchev–Trinajstić information content (AvgIpc) is 3.85. The number of nitrogens with one attached hydrogen (secondary N) is 2. The molecule has 0 saturated carbocycles. The van der Waals surface area contributed by atoms with Crippen LogP contribution >= 0.6 is 0 Å². The average molecular weight is 744 g/mol. The van der Waals surface area contributed by atoms with Crippen LogP contribution in [0.5, 0.6) is 5.75 Å². The molecule has 0 spiro atoms. The molecule has 5 aromatic rings. The number of Topliss-reactive ketones (excluding diaryl/α,β-unsaturated/α-hetero) is 1. The minimum Gasteiger partial charge on any atom is -0.495 e. The van der Waals surface area contributed by atoms with Gasteiger partial charge in [-0.1, -0.05) is 17.7 Å². The van der Waals surface area contributed by atoms with Crippen molar-refractivity contribution in [3.05, 3.63) is 94.7 Å². The minimum absolute atomic E-state index is 0.0100. The summed E-state index contributed by atoms with van der Waals surface area (Å²) in [5.41, 5.74) is 8.00. The number of likely N-dealkylation sites (N-methyl/N-ethyl adjacent to an activating group) is 1. The molecule has 3 heterocycles. The van der Waals surface area contributed by atoms with Crippen LogP contribution in [0.15, 0.2) is 65.7 Å². The Kier molecular flexibility index (Phi) is 9.63. The lowest BCUT2D eigenvalue weighted by molar-refractivity contribution is -0.123. The zero-order valence-electron chi connectivity index (χ0n) is 29.4. The number of primary amides is 1. The first kappa shape index (κ1) is 36.0. The van der Waals surface area contributed by atoms with Crippen molar-refractivity contribution in [3.8, 4) is 5.75 Å². The third-order valence-corrected chi connectivity index (χ3v) is 11.9. The summed E-state index contributed by atoms with van der Waals surface area (Å²) >= 11 is 0.